The maximum atomic E-state index is 12.6. The van der Waals surface area contributed by atoms with Crippen molar-refractivity contribution in [2.24, 2.45) is 5.73 Å². The molecule has 1 aliphatic rings. The zero-order valence-electron chi connectivity index (χ0n) is 13.6. The van der Waals surface area contributed by atoms with Crippen molar-refractivity contribution in [2.45, 2.75) is 31.4 Å². The van der Waals surface area contributed by atoms with Crippen LogP contribution in [0.15, 0.2) is 30.3 Å². The quantitative estimate of drug-likeness (QED) is 0.780. The van der Waals surface area contributed by atoms with Crippen molar-refractivity contribution < 1.29 is 14.3 Å². The highest BCUT2D eigenvalue weighted by atomic mass is 35.5. The van der Waals surface area contributed by atoms with Gasteiger partial charge >= 0.3 is 0 Å². The van der Waals surface area contributed by atoms with Gasteiger partial charge in [0.1, 0.15) is 0 Å². The molecule has 2 unspecified atom stereocenters. The zero-order valence-corrected chi connectivity index (χ0v) is 14.5. The van der Waals surface area contributed by atoms with E-state index in [1.807, 2.05) is 23.1 Å². The van der Waals surface area contributed by atoms with E-state index in [9.17, 15) is 4.79 Å². The number of methoxy groups -OCH3 is 1. The molecule has 0 bridgehead atoms. The number of ether oxygens (including phenoxy) is 2. The van der Waals surface area contributed by atoms with Crippen LogP contribution >= 0.6 is 12.4 Å². The summed E-state index contributed by atoms with van der Waals surface area (Å²) in [6.07, 6.45) is 1.87. The molecule has 0 saturated carbocycles. The van der Waals surface area contributed by atoms with Crippen LogP contribution in [0.5, 0.6) is 0 Å². The third-order valence-corrected chi connectivity index (χ3v) is 4.15. The first-order valence-electron chi connectivity index (χ1n) is 7.88. The Morgan fingerprint density at radius 1 is 1.43 bits per heavy atom. The van der Waals surface area contributed by atoms with E-state index in [2.05, 4.69) is 12.1 Å². The van der Waals surface area contributed by atoms with Gasteiger partial charge in [-0.1, -0.05) is 30.3 Å². The lowest BCUT2D eigenvalue weighted by Gasteiger charge is -2.29. The molecule has 23 heavy (non-hydrogen) atoms. The number of nitrogens with two attached hydrogens (primary N) is 1. The molecule has 0 spiro atoms. The first-order chi connectivity index (χ1) is 10.7. The molecule has 1 aromatic carbocycles. The number of hydrogen-bond acceptors (Lipinski definition) is 4. The molecule has 6 heteroatoms. The third kappa shape index (κ3) is 6.11. The van der Waals surface area contributed by atoms with E-state index in [0.717, 1.165) is 19.4 Å². The van der Waals surface area contributed by atoms with Crippen molar-refractivity contribution in [2.75, 3.05) is 33.4 Å². The molecule has 5 nitrogen and oxygen atoms in total. The second-order valence-electron chi connectivity index (χ2n) is 5.64. The van der Waals surface area contributed by atoms with Crippen LogP contribution in [0.3, 0.4) is 0 Å². The highest BCUT2D eigenvalue weighted by Gasteiger charge is 2.28. The van der Waals surface area contributed by atoms with Gasteiger partial charge in [0.25, 0.3) is 0 Å². The molecule has 1 heterocycles. The van der Waals surface area contributed by atoms with Crippen LogP contribution in [0.25, 0.3) is 0 Å². The zero-order chi connectivity index (χ0) is 15.8. The number of rotatable bonds is 8. The molecule has 1 amide bonds. The Morgan fingerprint density at radius 2 is 2.17 bits per heavy atom. The average molecular weight is 343 g/mol. The lowest BCUT2D eigenvalue weighted by molar-refractivity contribution is -0.136. The summed E-state index contributed by atoms with van der Waals surface area (Å²) in [4.78, 5) is 14.6. The lowest BCUT2D eigenvalue weighted by Crippen LogP contribution is -2.44. The minimum absolute atomic E-state index is 0. The van der Waals surface area contributed by atoms with Crippen molar-refractivity contribution in [1.82, 2.24) is 4.90 Å². The summed E-state index contributed by atoms with van der Waals surface area (Å²) >= 11 is 0. The second kappa shape index (κ2) is 10.6. The van der Waals surface area contributed by atoms with Crippen molar-refractivity contribution >= 4 is 18.3 Å². The van der Waals surface area contributed by atoms with Crippen LogP contribution in [0, 0.1) is 0 Å². The summed E-state index contributed by atoms with van der Waals surface area (Å²) in [6, 6.07) is 10.4. The lowest BCUT2D eigenvalue weighted by atomic mass is 10.1. The van der Waals surface area contributed by atoms with Gasteiger partial charge in [0.15, 0.2) is 0 Å². The number of nitrogens with zero attached hydrogens (tertiary/aromatic N) is 1. The van der Waals surface area contributed by atoms with Gasteiger partial charge in [0, 0.05) is 26.8 Å². The SMILES string of the molecule is COC(CN)CC(=O)N(CCc1ccccc1)C1CCOC1.Cl. The second-order valence-corrected chi connectivity index (χ2v) is 5.64. The van der Waals surface area contributed by atoms with Gasteiger partial charge in [-0.05, 0) is 18.4 Å². The summed E-state index contributed by atoms with van der Waals surface area (Å²) in [6.45, 7) is 2.42. The molecule has 0 aliphatic carbocycles. The Labute approximate surface area is 144 Å². The average Bonchev–Trinajstić information content (AvgIpc) is 3.08. The van der Waals surface area contributed by atoms with Crippen molar-refractivity contribution in [1.29, 1.82) is 0 Å². The fraction of sp³-hybridized carbons (Fsp3) is 0.588. The van der Waals surface area contributed by atoms with E-state index < -0.39 is 0 Å². The number of carbonyl (C=O) groups is 1. The topological polar surface area (TPSA) is 64.8 Å². The summed E-state index contributed by atoms with van der Waals surface area (Å²) in [5.41, 5.74) is 6.87. The highest BCUT2D eigenvalue weighted by Crippen LogP contribution is 2.16. The van der Waals surface area contributed by atoms with Crippen LogP contribution in [-0.4, -0.2) is 56.4 Å². The van der Waals surface area contributed by atoms with E-state index in [4.69, 9.17) is 15.2 Å². The number of benzene rings is 1. The summed E-state index contributed by atoms with van der Waals surface area (Å²) in [7, 11) is 1.60. The molecular weight excluding hydrogens is 316 g/mol. The minimum Gasteiger partial charge on any atom is -0.380 e. The molecule has 0 aromatic heterocycles. The predicted molar refractivity (Wildman–Crippen MR) is 92.8 cm³/mol. The maximum absolute atomic E-state index is 12.6. The van der Waals surface area contributed by atoms with Crippen LogP contribution in [0.2, 0.25) is 0 Å². The first-order valence-corrected chi connectivity index (χ1v) is 7.88. The summed E-state index contributed by atoms with van der Waals surface area (Å²) in [5.74, 6) is 0.101. The van der Waals surface area contributed by atoms with E-state index in [0.29, 0.717) is 26.1 Å². The van der Waals surface area contributed by atoms with Gasteiger partial charge in [0.05, 0.1) is 25.2 Å². The maximum Gasteiger partial charge on any atom is 0.225 e. The fourth-order valence-corrected chi connectivity index (χ4v) is 2.75. The van der Waals surface area contributed by atoms with Gasteiger partial charge in [-0.2, -0.15) is 0 Å². The van der Waals surface area contributed by atoms with Crippen LogP contribution in [-0.2, 0) is 20.7 Å². The predicted octanol–water partition coefficient (Wildman–Crippen LogP) is 1.63. The molecule has 1 aliphatic heterocycles. The van der Waals surface area contributed by atoms with E-state index in [1.165, 1.54) is 5.56 Å². The van der Waals surface area contributed by atoms with Gasteiger partial charge in [-0.25, -0.2) is 0 Å². The van der Waals surface area contributed by atoms with Crippen LogP contribution < -0.4 is 5.73 Å². The Bertz CT molecular complexity index is 448. The molecule has 2 atom stereocenters. The molecule has 0 radical (unpaired) electrons. The number of halogens is 1. The highest BCUT2D eigenvalue weighted by molar-refractivity contribution is 5.85. The third-order valence-electron chi connectivity index (χ3n) is 4.15. The van der Waals surface area contributed by atoms with Crippen LogP contribution in [0.1, 0.15) is 18.4 Å². The monoisotopic (exact) mass is 342 g/mol. The van der Waals surface area contributed by atoms with Crippen molar-refractivity contribution in [3.63, 3.8) is 0 Å². The smallest absolute Gasteiger partial charge is 0.225 e. The fourth-order valence-electron chi connectivity index (χ4n) is 2.75. The Balaban J connectivity index is 0.00000264. The Morgan fingerprint density at radius 3 is 2.74 bits per heavy atom. The van der Waals surface area contributed by atoms with Crippen molar-refractivity contribution in [3.05, 3.63) is 35.9 Å². The number of carbonyl (C=O) groups excluding carboxylic acids is 1. The molecule has 130 valence electrons. The van der Waals surface area contributed by atoms with Crippen molar-refractivity contribution in [3.8, 4) is 0 Å². The number of hydrogen-bond donors (Lipinski definition) is 1. The van der Waals surface area contributed by atoms with Gasteiger partial charge in [-0.15, -0.1) is 12.4 Å². The normalized spacial score (nSPS) is 18.3. The largest absolute Gasteiger partial charge is 0.380 e. The molecule has 2 rings (SSSR count). The molecule has 1 saturated heterocycles. The minimum atomic E-state index is -0.214. The Kier molecular flexibility index (Phi) is 9.17. The molecule has 2 N–H and O–H groups in total. The molecule has 1 fully saturated rings. The van der Waals surface area contributed by atoms with Gasteiger partial charge in [-0.3, -0.25) is 4.79 Å². The van der Waals surface area contributed by atoms with E-state index >= 15 is 0 Å². The van der Waals surface area contributed by atoms with E-state index in [1.54, 1.807) is 7.11 Å². The Hall–Kier alpha value is -1.14. The summed E-state index contributed by atoms with van der Waals surface area (Å²) < 4.78 is 10.7. The first kappa shape index (κ1) is 19.9. The molecular formula is C17H27ClN2O3. The van der Waals surface area contributed by atoms with Crippen LogP contribution in [0.4, 0.5) is 0 Å². The van der Waals surface area contributed by atoms with E-state index in [-0.39, 0.29) is 30.5 Å². The summed E-state index contributed by atoms with van der Waals surface area (Å²) in [5, 5.41) is 0. The van der Waals surface area contributed by atoms with Gasteiger partial charge < -0.3 is 20.1 Å². The molecule has 1 aromatic rings. The number of amides is 1. The standard InChI is InChI=1S/C17H26N2O3.ClH/c1-21-16(12-18)11-17(20)19(15-8-10-22-13-15)9-7-14-5-3-2-4-6-14;/h2-6,15-16H,7-13,18H2,1H3;1H. The van der Waals surface area contributed by atoms with Gasteiger partial charge in [0.2, 0.25) is 5.91 Å².